The zero-order chi connectivity index (χ0) is 15.4. The fraction of sp³-hybridized carbons (Fsp3) is 0.316. The summed E-state index contributed by atoms with van der Waals surface area (Å²) >= 11 is 0. The van der Waals surface area contributed by atoms with Crippen LogP contribution < -0.4 is 5.32 Å². The highest BCUT2D eigenvalue weighted by Crippen LogP contribution is 2.45. The first-order valence-electron chi connectivity index (χ1n) is 7.65. The summed E-state index contributed by atoms with van der Waals surface area (Å²) in [6.45, 7) is 1.08. The number of ether oxygens (including phenoxy) is 1. The summed E-state index contributed by atoms with van der Waals surface area (Å²) in [6, 6.07) is 18.6. The summed E-state index contributed by atoms with van der Waals surface area (Å²) in [6.07, 6.45) is 1.85. The molecule has 0 bridgehead atoms. The molecule has 22 heavy (non-hydrogen) atoms. The van der Waals surface area contributed by atoms with Crippen LogP contribution in [0.1, 0.15) is 18.4 Å². The van der Waals surface area contributed by atoms with Gasteiger partial charge in [-0.1, -0.05) is 48.5 Å². The summed E-state index contributed by atoms with van der Waals surface area (Å²) in [5.41, 5.74) is 3.20. The van der Waals surface area contributed by atoms with E-state index in [0.29, 0.717) is 13.2 Å². The van der Waals surface area contributed by atoms with Gasteiger partial charge in [0.05, 0.1) is 12.0 Å². The molecule has 3 rings (SSSR count). The number of amides is 1. The van der Waals surface area contributed by atoms with Crippen LogP contribution in [0.5, 0.6) is 0 Å². The third kappa shape index (κ3) is 3.20. The van der Waals surface area contributed by atoms with E-state index in [0.717, 1.165) is 18.4 Å². The summed E-state index contributed by atoms with van der Waals surface area (Å²) in [7, 11) is 1.65. The van der Waals surface area contributed by atoms with Crippen molar-refractivity contribution >= 4 is 5.91 Å². The van der Waals surface area contributed by atoms with E-state index in [1.807, 2.05) is 30.3 Å². The van der Waals surface area contributed by atoms with Gasteiger partial charge < -0.3 is 10.1 Å². The van der Waals surface area contributed by atoms with Crippen LogP contribution in [0.25, 0.3) is 11.1 Å². The van der Waals surface area contributed by atoms with Crippen LogP contribution in [0.4, 0.5) is 0 Å². The molecule has 0 saturated heterocycles. The lowest BCUT2D eigenvalue weighted by Gasteiger charge is -2.14. The molecule has 2 aromatic carbocycles. The maximum absolute atomic E-state index is 12.3. The second kappa shape index (κ2) is 6.32. The third-order valence-electron chi connectivity index (χ3n) is 4.24. The minimum atomic E-state index is -0.272. The Hall–Kier alpha value is -2.13. The van der Waals surface area contributed by atoms with Crippen molar-refractivity contribution in [2.45, 2.75) is 19.4 Å². The van der Waals surface area contributed by atoms with Gasteiger partial charge in [-0.2, -0.15) is 0 Å². The molecule has 0 aliphatic heterocycles. The van der Waals surface area contributed by atoms with Gasteiger partial charge in [0.15, 0.2) is 0 Å². The van der Waals surface area contributed by atoms with E-state index in [1.54, 1.807) is 7.11 Å². The van der Waals surface area contributed by atoms with Crippen LogP contribution in [0.2, 0.25) is 0 Å². The molecule has 0 radical (unpaired) electrons. The predicted octanol–water partition coefficient (Wildman–Crippen LogP) is 3.40. The number of carbonyl (C=O) groups excluding carboxylic acids is 1. The van der Waals surface area contributed by atoms with E-state index < -0.39 is 0 Å². The minimum absolute atomic E-state index is 0.111. The molecule has 3 heteroatoms. The second-order valence-corrected chi connectivity index (χ2v) is 5.96. The van der Waals surface area contributed by atoms with Crippen LogP contribution in [0.3, 0.4) is 0 Å². The lowest BCUT2D eigenvalue weighted by Crippen LogP contribution is -2.34. The van der Waals surface area contributed by atoms with Gasteiger partial charge >= 0.3 is 0 Å². The predicted molar refractivity (Wildman–Crippen MR) is 87.3 cm³/mol. The summed E-state index contributed by atoms with van der Waals surface area (Å²) in [4.78, 5) is 12.3. The lowest BCUT2D eigenvalue weighted by molar-refractivity contribution is -0.128. The topological polar surface area (TPSA) is 38.3 Å². The molecule has 114 valence electrons. The van der Waals surface area contributed by atoms with Crippen molar-refractivity contribution in [1.82, 2.24) is 5.32 Å². The van der Waals surface area contributed by atoms with Crippen molar-refractivity contribution in [3.05, 3.63) is 60.2 Å². The Balaban J connectivity index is 1.65. The molecule has 0 spiro atoms. The standard InChI is InChI=1S/C19H21NO2/c1-22-14-19(10-11-19)18(21)20-13-15-6-5-9-17(12-15)16-7-3-2-4-8-16/h2-9,12H,10-11,13-14H2,1H3,(H,20,21). The molecule has 3 nitrogen and oxygen atoms in total. The molecule has 1 N–H and O–H groups in total. The number of benzene rings is 2. The first-order valence-corrected chi connectivity index (χ1v) is 7.65. The van der Waals surface area contributed by atoms with Gasteiger partial charge in [-0.15, -0.1) is 0 Å². The number of methoxy groups -OCH3 is 1. The van der Waals surface area contributed by atoms with Crippen molar-refractivity contribution < 1.29 is 9.53 Å². The molecule has 1 saturated carbocycles. The molecular formula is C19H21NO2. The molecule has 1 fully saturated rings. The van der Waals surface area contributed by atoms with Crippen LogP contribution in [-0.2, 0) is 16.1 Å². The second-order valence-electron chi connectivity index (χ2n) is 5.96. The minimum Gasteiger partial charge on any atom is -0.384 e. The number of hydrogen-bond acceptors (Lipinski definition) is 2. The van der Waals surface area contributed by atoms with Gasteiger partial charge in [0.1, 0.15) is 0 Å². The van der Waals surface area contributed by atoms with E-state index in [-0.39, 0.29) is 11.3 Å². The Morgan fingerprint density at radius 1 is 1.09 bits per heavy atom. The number of rotatable bonds is 6. The smallest absolute Gasteiger partial charge is 0.228 e. The normalized spacial score (nSPS) is 15.3. The Kier molecular flexibility index (Phi) is 4.25. The highest BCUT2D eigenvalue weighted by Gasteiger charge is 2.49. The van der Waals surface area contributed by atoms with Crippen molar-refractivity contribution in [2.24, 2.45) is 5.41 Å². The monoisotopic (exact) mass is 295 g/mol. The van der Waals surface area contributed by atoms with Gasteiger partial charge in [0.2, 0.25) is 5.91 Å². The van der Waals surface area contributed by atoms with E-state index in [9.17, 15) is 4.79 Å². The van der Waals surface area contributed by atoms with Gasteiger partial charge in [-0.05, 0) is 35.6 Å². The molecule has 1 aliphatic rings. The average Bonchev–Trinajstić information content (AvgIpc) is 3.35. The quantitative estimate of drug-likeness (QED) is 0.887. The molecule has 0 aromatic heterocycles. The van der Waals surface area contributed by atoms with E-state index >= 15 is 0 Å². The fourth-order valence-corrected chi connectivity index (χ4v) is 2.73. The molecule has 0 heterocycles. The Labute approximate surface area is 131 Å². The van der Waals surface area contributed by atoms with E-state index in [4.69, 9.17) is 4.74 Å². The third-order valence-corrected chi connectivity index (χ3v) is 4.24. The Bertz CT molecular complexity index is 647. The van der Waals surface area contributed by atoms with Gasteiger partial charge in [-0.3, -0.25) is 4.79 Å². The maximum Gasteiger partial charge on any atom is 0.228 e. The summed E-state index contributed by atoms with van der Waals surface area (Å²) in [5, 5.41) is 3.05. The van der Waals surface area contributed by atoms with Gasteiger partial charge in [-0.25, -0.2) is 0 Å². The zero-order valence-electron chi connectivity index (χ0n) is 12.8. The highest BCUT2D eigenvalue weighted by molar-refractivity contribution is 5.85. The molecule has 2 aromatic rings. The zero-order valence-corrected chi connectivity index (χ0v) is 12.8. The fourth-order valence-electron chi connectivity index (χ4n) is 2.73. The number of carbonyl (C=O) groups is 1. The SMILES string of the molecule is COCC1(C(=O)NCc2cccc(-c3ccccc3)c2)CC1. The molecule has 1 amide bonds. The van der Waals surface area contributed by atoms with Gasteiger partial charge in [0, 0.05) is 13.7 Å². The maximum atomic E-state index is 12.3. The highest BCUT2D eigenvalue weighted by atomic mass is 16.5. The lowest BCUT2D eigenvalue weighted by atomic mass is 10.0. The van der Waals surface area contributed by atoms with Crippen LogP contribution in [0, 0.1) is 5.41 Å². The average molecular weight is 295 g/mol. The summed E-state index contributed by atoms with van der Waals surface area (Å²) in [5.74, 6) is 0.111. The molecule has 0 atom stereocenters. The number of hydrogen-bond donors (Lipinski definition) is 1. The van der Waals surface area contributed by atoms with Crippen molar-refractivity contribution in [3.63, 3.8) is 0 Å². The summed E-state index contributed by atoms with van der Waals surface area (Å²) < 4.78 is 5.16. The first kappa shape index (κ1) is 14.8. The Morgan fingerprint density at radius 2 is 1.82 bits per heavy atom. The first-order chi connectivity index (χ1) is 10.7. The molecular weight excluding hydrogens is 274 g/mol. The Morgan fingerprint density at radius 3 is 2.50 bits per heavy atom. The van der Waals surface area contributed by atoms with Crippen LogP contribution >= 0.6 is 0 Å². The van der Waals surface area contributed by atoms with Gasteiger partial charge in [0.25, 0.3) is 0 Å². The van der Waals surface area contributed by atoms with Crippen LogP contribution in [-0.4, -0.2) is 19.6 Å². The van der Waals surface area contributed by atoms with Crippen molar-refractivity contribution in [3.8, 4) is 11.1 Å². The largest absolute Gasteiger partial charge is 0.384 e. The van der Waals surface area contributed by atoms with Crippen molar-refractivity contribution in [2.75, 3.05) is 13.7 Å². The number of nitrogens with one attached hydrogen (secondary N) is 1. The van der Waals surface area contributed by atoms with Crippen LogP contribution in [0.15, 0.2) is 54.6 Å². The molecule has 1 aliphatic carbocycles. The van der Waals surface area contributed by atoms with Crippen molar-refractivity contribution in [1.29, 1.82) is 0 Å². The van der Waals surface area contributed by atoms with E-state index in [1.165, 1.54) is 11.1 Å². The molecule has 0 unspecified atom stereocenters. The van der Waals surface area contributed by atoms with E-state index in [2.05, 4.69) is 29.6 Å².